The van der Waals surface area contributed by atoms with Gasteiger partial charge in [-0.2, -0.15) is 5.10 Å². The first-order chi connectivity index (χ1) is 14.4. The van der Waals surface area contributed by atoms with Crippen molar-refractivity contribution in [3.05, 3.63) is 35.2 Å². The number of carbonyl (C=O) groups excluding carboxylic acids is 1. The average Bonchev–Trinajstić information content (AvgIpc) is 2.99. The van der Waals surface area contributed by atoms with Gasteiger partial charge in [-0.15, -0.1) is 0 Å². The van der Waals surface area contributed by atoms with Crippen LogP contribution in [-0.2, 0) is 18.3 Å². The van der Waals surface area contributed by atoms with Crippen LogP contribution in [0.4, 0.5) is 0 Å². The molecule has 8 nitrogen and oxygen atoms in total. The van der Waals surface area contributed by atoms with Crippen LogP contribution < -0.4 is 14.2 Å². The SMILES string of the molecule is Cc1nn(C)c(C)c1CCC(=O)N1CC[C@@H](Oc2cccc3c2OCCO3)[C@H](O)C1. The highest BCUT2D eigenvalue weighted by Crippen LogP contribution is 2.40. The number of aliphatic hydroxyl groups is 1. The van der Waals surface area contributed by atoms with Crippen molar-refractivity contribution in [3.63, 3.8) is 0 Å². The second-order valence-corrected chi connectivity index (χ2v) is 7.91. The number of piperidine rings is 1. The third-order valence-electron chi connectivity index (χ3n) is 5.93. The number of likely N-dealkylation sites (tertiary alicyclic amines) is 1. The van der Waals surface area contributed by atoms with Gasteiger partial charge in [0.2, 0.25) is 11.7 Å². The van der Waals surface area contributed by atoms with Crippen molar-refractivity contribution in [2.24, 2.45) is 7.05 Å². The van der Waals surface area contributed by atoms with Gasteiger partial charge in [0.15, 0.2) is 11.5 Å². The van der Waals surface area contributed by atoms with E-state index < -0.39 is 12.2 Å². The van der Waals surface area contributed by atoms with Crippen molar-refractivity contribution in [1.29, 1.82) is 0 Å². The predicted octanol–water partition coefficient (Wildman–Crippen LogP) is 1.78. The van der Waals surface area contributed by atoms with Crippen LogP contribution in [-0.4, -0.2) is 64.2 Å². The molecule has 0 spiro atoms. The van der Waals surface area contributed by atoms with E-state index in [0.29, 0.717) is 56.3 Å². The summed E-state index contributed by atoms with van der Waals surface area (Å²) in [6.45, 7) is 5.79. The van der Waals surface area contributed by atoms with Crippen molar-refractivity contribution >= 4 is 5.91 Å². The van der Waals surface area contributed by atoms with Crippen LogP contribution in [0.2, 0.25) is 0 Å². The quantitative estimate of drug-likeness (QED) is 0.801. The average molecular weight is 415 g/mol. The summed E-state index contributed by atoms with van der Waals surface area (Å²) in [5.74, 6) is 1.85. The molecule has 0 bridgehead atoms. The summed E-state index contributed by atoms with van der Waals surface area (Å²) in [5.41, 5.74) is 3.18. The van der Waals surface area contributed by atoms with Crippen LogP contribution in [0.3, 0.4) is 0 Å². The molecule has 0 unspecified atom stereocenters. The number of ether oxygens (including phenoxy) is 3. The first kappa shape index (κ1) is 20.5. The zero-order chi connectivity index (χ0) is 21.3. The number of hydrogen-bond donors (Lipinski definition) is 1. The Hall–Kier alpha value is -2.74. The van der Waals surface area contributed by atoms with Crippen LogP contribution in [0.1, 0.15) is 29.8 Å². The Kier molecular flexibility index (Phi) is 5.85. The summed E-state index contributed by atoms with van der Waals surface area (Å²) in [7, 11) is 1.91. The maximum Gasteiger partial charge on any atom is 0.222 e. The van der Waals surface area contributed by atoms with E-state index in [1.54, 1.807) is 4.90 Å². The molecule has 8 heteroatoms. The van der Waals surface area contributed by atoms with E-state index in [1.807, 2.05) is 43.8 Å². The monoisotopic (exact) mass is 415 g/mol. The van der Waals surface area contributed by atoms with Crippen molar-refractivity contribution in [2.75, 3.05) is 26.3 Å². The number of para-hydroxylation sites is 1. The third kappa shape index (κ3) is 4.09. The summed E-state index contributed by atoms with van der Waals surface area (Å²) >= 11 is 0. The van der Waals surface area contributed by atoms with Gasteiger partial charge in [-0.05, 0) is 38.0 Å². The Bertz CT molecular complexity index is 926. The molecule has 4 rings (SSSR count). The molecule has 1 aromatic carbocycles. The number of aromatic nitrogens is 2. The molecule has 2 aliphatic heterocycles. The van der Waals surface area contributed by atoms with Gasteiger partial charge >= 0.3 is 0 Å². The van der Waals surface area contributed by atoms with Gasteiger partial charge in [-0.3, -0.25) is 9.48 Å². The Morgan fingerprint density at radius 2 is 2.10 bits per heavy atom. The van der Waals surface area contributed by atoms with Gasteiger partial charge in [0.05, 0.1) is 12.2 Å². The smallest absolute Gasteiger partial charge is 0.222 e. The Balaban J connectivity index is 1.33. The Morgan fingerprint density at radius 3 is 2.83 bits per heavy atom. The number of amides is 1. The van der Waals surface area contributed by atoms with E-state index in [0.717, 1.165) is 17.0 Å². The normalized spacial score (nSPS) is 20.9. The zero-order valence-electron chi connectivity index (χ0n) is 17.8. The number of nitrogens with zero attached hydrogens (tertiary/aromatic N) is 3. The van der Waals surface area contributed by atoms with Crippen molar-refractivity contribution in [2.45, 2.75) is 45.3 Å². The molecule has 1 N–H and O–H groups in total. The maximum absolute atomic E-state index is 12.7. The first-order valence-corrected chi connectivity index (χ1v) is 10.4. The maximum atomic E-state index is 12.7. The van der Waals surface area contributed by atoms with Gasteiger partial charge in [-0.1, -0.05) is 6.07 Å². The molecule has 1 fully saturated rings. The molecule has 0 radical (unpaired) electrons. The van der Waals surface area contributed by atoms with Crippen LogP contribution in [0.5, 0.6) is 17.2 Å². The molecular formula is C22H29N3O5. The Labute approximate surface area is 176 Å². The number of carbonyl (C=O) groups is 1. The zero-order valence-corrected chi connectivity index (χ0v) is 17.8. The molecule has 1 aromatic heterocycles. The molecule has 162 valence electrons. The van der Waals surface area contributed by atoms with E-state index in [1.165, 1.54) is 0 Å². The molecule has 1 amide bonds. The number of aryl methyl sites for hydroxylation is 2. The minimum absolute atomic E-state index is 0.0453. The molecule has 3 heterocycles. The summed E-state index contributed by atoms with van der Waals surface area (Å²) in [6, 6.07) is 5.50. The van der Waals surface area contributed by atoms with Crippen LogP contribution in [0, 0.1) is 13.8 Å². The van der Waals surface area contributed by atoms with Gasteiger partial charge in [0, 0.05) is 32.1 Å². The Morgan fingerprint density at radius 1 is 1.30 bits per heavy atom. The predicted molar refractivity (Wildman–Crippen MR) is 110 cm³/mol. The summed E-state index contributed by atoms with van der Waals surface area (Å²) in [4.78, 5) is 14.4. The molecular weight excluding hydrogens is 386 g/mol. The molecule has 1 saturated heterocycles. The van der Waals surface area contributed by atoms with E-state index in [2.05, 4.69) is 5.10 Å². The fraction of sp³-hybridized carbons (Fsp3) is 0.545. The fourth-order valence-corrected chi connectivity index (χ4v) is 4.15. The summed E-state index contributed by atoms with van der Waals surface area (Å²) in [5, 5.41) is 15.0. The second-order valence-electron chi connectivity index (χ2n) is 7.91. The first-order valence-electron chi connectivity index (χ1n) is 10.4. The molecule has 2 aromatic rings. The molecule has 2 aliphatic rings. The van der Waals surface area contributed by atoms with Crippen LogP contribution in [0.15, 0.2) is 18.2 Å². The van der Waals surface area contributed by atoms with Crippen LogP contribution in [0.25, 0.3) is 0 Å². The number of hydrogen-bond acceptors (Lipinski definition) is 6. The summed E-state index contributed by atoms with van der Waals surface area (Å²) in [6.07, 6.45) is 0.467. The lowest BCUT2D eigenvalue weighted by molar-refractivity contribution is -0.137. The largest absolute Gasteiger partial charge is 0.486 e. The van der Waals surface area contributed by atoms with Crippen molar-refractivity contribution in [3.8, 4) is 17.2 Å². The number of β-amino-alcohol motifs (C(OH)–C–C–N with tert-alkyl or cyclic N) is 1. The van der Waals surface area contributed by atoms with E-state index in [9.17, 15) is 9.90 Å². The molecule has 2 atom stereocenters. The van der Waals surface area contributed by atoms with Gasteiger partial charge in [0.25, 0.3) is 0 Å². The number of rotatable bonds is 5. The lowest BCUT2D eigenvalue weighted by atomic mass is 10.0. The second kappa shape index (κ2) is 8.55. The molecule has 0 aliphatic carbocycles. The highest BCUT2D eigenvalue weighted by molar-refractivity contribution is 5.76. The molecule has 0 saturated carbocycles. The standard InChI is InChI=1S/C22H29N3O5/c1-14-16(15(2)24(3)23-14)7-8-21(27)25-10-9-18(17(26)13-25)30-20-6-4-5-19-22(20)29-12-11-28-19/h4-6,17-18,26H,7-13H2,1-3H3/t17-,18-/m1/s1. The number of benzene rings is 1. The van der Waals surface area contributed by atoms with Gasteiger partial charge in [0.1, 0.15) is 25.4 Å². The number of aliphatic hydroxyl groups excluding tert-OH is 1. The van der Waals surface area contributed by atoms with Gasteiger partial charge < -0.3 is 24.2 Å². The minimum Gasteiger partial charge on any atom is -0.486 e. The fourth-order valence-electron chi connectivity index (χ4n) is 4.15. The van der Waals surface area contributed by atoms with Crippen molar-refractivity contribution < 1.29 is 24.1 Å². The molecule has 30 heavy (non-hydrogen) atoms. The lowest BCUT2D eigenvalue weighted by Gasteiger charge is -2.36. The van der Waals surface area contributed by atoms with E-state index in [-0.39, 0.29) is 12.5 Å². The van der Waals surface area contributed by atoms with E-state index in [4.69, 9.17) is 14.2 Å². The lowest BCUT2D eigenvalue weighted by Crippen LogP contribution is -2.51. The van der Waals surface area contributed by atoms with E-state index >= 15 is 0 Å². The summed E-state index contributed by atoms with van der Waals surface area (Å²) < 4.78 is 19.2. The topological polar surface area (TPSA) is 86.1 Å². The minimum atomic E-state index is -0.759. The highest BCUT2D eigenvalue weighted by Gasteiger charge is 2.32. The number of fused-ring (bicyclic) bond motifs is 1. The van der Waals surface area contributed by atoms with Crippen molar-refractivity contribution in [1.82, 2.24) is 14.7 Å². The highest BCUT2D eigenvalue weighted by atomic mass is 16.6. The third-order valence-corrected chi connectivity index (χ3v) is 5.93. The van der Waals surface area contributed by atoms with Gasteiger partial charge in [-0.25, -0.2) is 0 Å². The van der Waals surface area contributed by atoms with Crippen LogP contribution >= 0.6 is 0 Å².